The third-order valence-electron chi connectivity index (χ3n) is 5.92. The molecule has 2 aliphatic rings. The number of hydrogen-bond acceptors (Lipinski definition) is 4. The first-order chi connectivity index (χ1) is 14.7. The van der Waals surface area contributed by atoms with Crippen LogP contribution in [0.15, 0.2) is 48.5 Å². The molecular formula is C24H27N3O3. The summed E-state index contributed by atoms with van der Waals surface area (Å²) in [7, 11) is 0. The topological polar surface area (TPSA) is 56.6 Å². The first kappa shape index (κ1) is 19.0. The fraction of sp³-hybridized carbons (Fsp3) is 0.417. The van der Waals surface area contributed by atoms with Crippen LogP contribution in [0.5, 0.6) is 11.5 Å². The second kappa shape index (κ2) is 8.01. The van der Waals surface area contributed by atoms with Gasteiger partial charge < -0.3 is 18.9 Å². The van der Waals surface area contributed by atoms with E-state index >= 15 is 0 Å². The van der Waals surface area contributed by atoms with E-state index in [0.29, 0.717) is 32.2 Å². The number of likely N-dealkylation sites (tertiary alicyclic amines) is 1. The number of carbonyl (C=O) groups is 1. The number of benzene rings is 2. The Morgan fingerprint density at radius 2 is 1.77 bits per heavy atom. The first-order valence-electron chi connectivity index (χ1n) is 10.8. The second-order valence-corrected chi connectivity index (χ2v) is 8.02. The van der Waals surface area contributed by atoms with Crippen LogP contribution in [-0.2, 0) is 11.3 Å². The third-order valence-corrected chi connectivity index (χ3v) is 5.92. The van der Waals surface area contributed by atoms with E-state index in [4.69, 9.17) is 14.5 Å². The van der Waals surface area contributed by atoms with Gasteiger partial charge in [0, 0.05) is 24.9 Å². The van der Waals surface area contributed by atoms with Crippen molar-refractivity contribution in [2.45, 2.75) is 44.7 Å². The highest BCUT2D eigenvalue weighted by Crippen LogP contribution is 2.37. The summed E-state index contributed by atoms with van der Waals surface area (Å²) in [5.74, 6) is 2.91. The van der Waals surface area contributed by atoms with E-state index < -0.39 is 0 Å². The fourth-order valence-electron chi connectivity index (χ4n) is 4.38. The van der Waals surface area contributed by atoms with Crippen LogP contribution in [0.25, 0.3) is 11.0 Å². The van der Waals surface area contributed by atoms with Gasteiger partial charge in [0.15, 0.2) is 11.5 Å². The number of para-hydroxylation sites is 4. The minimum Gasteiger partial charge on any atom is -0.490 e. The summed E-state index contributed by atoms with van der Waals surface area (Å²) in [4.78, 5) is 19.5. The van der Waals surface area contributed by atoms with Crippen molar-refractivity contribution in [2.75, 3.05) is 19.8 Å². The molecule has 156 valence electrons. The highest BCUT2D eigenvalue weighted by molar-refractivity contribution is 5.81. The average molecular weight is 405 g/mol. The van der Waals surface area contributed by atoms with Gasteiger partial charge in [0.25, 0.3) is 0 Å². The number of ether oxygens (including phenoxy) is 2. The molecule has 5 rings (SSSR count). The first-order valence-corrected chi connectivity index (χ1v) is 10.8. The molecule has 1 unspecified atom stereocenters. The molecule has 1 aliphatic carbocycles. The van der Waals surface area contributed by atoms with E-state index in [9.17, 15) is 4.79 Å². The van der Waals surface area contributed by atoms with Crippen LogP contribution >= 0.6 is 0 Å². The molecule has 1 aliphatic heterocycles. The number of hydrogen-bond donors (Lipinski definition) is 0. The van der Waals surface area contributed by atoms with Gasteiger partial charge in [-0.1, -0.05) is 24.3 Å². The van der Waals surface area contributed by atoms with Gasteiger partial charge in [-0.25, -0.2) is 4.98 Å². The zero-order valence-electron chi connectivity index (χ0n) is 17.3. The normalized spacial score (nSPS) is 18.9. The van der Waals surface area contributed by atoms with Gasteiger partial charge in [0.1, 0.15) is 12.4 Å². The van der Waals surface area contributed by atoms with E-state index in [1.54, 1.807) is 0 Å². The zero-order valence-corrected chi connectivity index (χ0v) is 17.3. The van der Waals surface area contributed by atoms with Gasteiger partial charge in [-0.05, 0) is 44.0 Å². The van der Waals surface area contributed by atoms with Gasteiger partial charge in [-0.2, -0.15) is 0 Å². The van der Waals surface area contributed by atoms with Crippen molar-refractivity contribution in [3.63, 3.8) is 0 Å². The molecule has 0 radical (unpaired) electrons. The Balaban J connectivity index is 1.37. The monoisotopic (exact) mass is 405 g/mol. The molecule has 0 bridgehead atoms. The Labute approximate surface area is 176 Å². The largest absolute Gasteiger partial charge is 0.490 e. The summed E-state index contributed by atoms with van der Waals surface area (Å²) >= 11 is 0. The number of nitrogens with zero attached hydrogens (tertiary/aromatic N) is 3. The van der Waals surface area contributed by atoms with Crippen LogP contribution in [0, 0.1) is 0 Å². The standard InChI is InChI=1S/C24H27N3O3/c1-2-29-21-9-5-6-10-22(21)30-14-13-26-20-8-4-3-7-19(20)25-24(26)17-15-23(28)27(16-17)18-11-12-18/h3-10,17-18H,2,11-16H2,1H3. The Hall–Kier alpha value is -3.02. The number of rotatable bonds is 8. The van der Waals surface area contributed by atoms with Gasteiger partial charge in [0.05, 0.1) is 24.2 Å². The minimum atomic E-state index is 0.140. The van der Waals surface area contributed by atoms with E-state index in [0.717, 1.165) is 47.7 Å². The number of fused-ring (bicyclic) bond motifs is 1. The summed E-state index contributed by atoms with van der Waals surface area (Å²) in [5.41, 5.74) is 2.06. The van der Waals surface area contributed by atoms with Crippen LogP contribution in [0.4, 0.5) is 0 Å². The maximum atomic E-state index is 12.5. The Kier molecular flexibility index (Phi) is 5.07. The fourth-order valence-corrected chi connectivity index (χ4v) is 4.38. The van der Waals surface area contributed by atoms with Gasteiger partial charge in [-0.15, -0.1) is 0 Å². The highest BCUT2D eigenvalue weighted by Gasteiger charge is 2.41. The van der Waals surface area contributed by atoms with Crippen molar-refractivity contribution in [1.82, 2.24) is 14.5 Å². The molecule has 3 aromatic rings. The Bertz CT molecular complexity index is 1060. The SMILES string of the molecule is CCOc1ccccc1OCCn1c(C2CC(=O)N(C3CC3)C2)nc2ccccc21. The maximum absolute atomic E-state index is 12.5. The number of amides is 1. The van der Waals surface area contributed by atoms with Gasteiger partial charge in [-0.3, -0.25) is 4.79 Å². The van der Waals surface area contributed by atoms with Crippen LogP contribution < -0.4 is 9.47 Å². The number of aromatic nitrogens is 2. The van der Waals surface area contributed by atoms with Crippen molar-refractivity contribution in [2.24, 2.45) is 0 Å². The third kappa shape index (κ3) is 3.62. The Morgan fingerprint density at radius 3 is 2.53 bits per heavy atom. The molecule has 2 aromatic carbocycles. The zero-order chi connectivity index (χ0) is 20.5. The lowest BCUT2D eigenvalue weighted by Crippen LogP contribution is -2.27. The van der Waals surface area contributed by atoms with Crippen LogP contribution in [-0.4, -0.2) is 46.2 Å². The second-order valence-electron chi connectivity index (χ2n) is 8.02. The summed E-state index contributed by atoms with van der Waals surface area (Å²) in [6.07, 6.45) is 2.83. The van der Waals surface area contributed by atoms with E-state index in [-0.39, 0.29) is 11.8 Å². The van der Waals surface area contributed by atoms with Crippen molar-refractivity contribution in [1.29, 1.82) is 0 Å². The molecule has 1 saturated heterocycles. The lowest BCUT2D eigenvalue weighted by atomic mass is 10.1. The molecule has 6 nitrogen and oxygen atoms in total. The highest BCUT2D eigenvalue weighted by atomic mass is 16.5. The van der Waals surface area contributed by atoms with Gasteiger partial charge >= 0.3 is 0 Å². The van der Waals surface area contributed by atoms with Crippen molar-refractivity contribution in [3.05, 3.63) is 54.4 Å². The van der Waals surface area contributed by atoms with E-state index in [1.807, 2.05) is 49.4 Å². The molecule has 0 N–H and O–H groups in total. The number of carbonyl (C=O) groups excluding carboxylic acids is 1. The maximum Gasteiger partial charge on any atom is 0.223 e. The molecular weight excluding hydrogens is 378 g/mol. The Morgan fingerprint density at radius 1 is 1.03 bits per heavy atom. The molecule has 0 spiro atoms. The smallest absolute Gasteiger partial charge is 0.223 e. The summed E-state index contributed by atoms with van der Waals surface area (Å²) < 4.78 is 14.0. The van der Waals surface area contributed by atoms with Gasteiger partial charge in [0.2, 0.25) is 5.91 Å². The van der Waals surface area contributed by atoms with Crippen molar-refractivity contribution in [3.8, 4) is 11.5 Å². The molecule has 30 heavy (non-hydrogen) atoms. The molecule has 1 aromatic heterocycles. The van der Waals surface area contributed by atoms with Crippen LogP contribution in [0.3, 0.4) is 0 Å². The summed E-state index contributed by atoms with van der Waals surface area (Å²) in [6.45, 7) is 4.52. The summed E-state index contributed by atoms with van der Waals surface area (Å²) in [5, 5.41) is 0. The summed E-state index contributed by atoms with van der Waals surface area (Å²) in [6, 6.07) is 16.4. The minimum absolute atomic E-state index is 0.140. The molecule has 2 fully saturated rings. The lowest BCUT2D eigenvalue weighted by molar-refractivity contribution is -0.128. The quantitative estimate of drug-likeness (QED) is 0.569. The van der Waals surface area contributed by atoms with E-state index in [1.165, 1.54) is 0 Å². The molecule has 2 heterocycles. The number of imidazole rings is 1. The lowest BCUT2D eigenvalue weighted by Gasteiger charge is -2.17. The molecule has 1 amide bonds. The molecule has 6 heteroatoms. The molecule has 1 atom stereocenters. The van der Waals surface area contributed by atoms with Crippen molar-refractivity contribution < 1.29 is 14.3 Å². The van der Waals surface area contributed by atoms with Crippen LogP contribution in [0.2, 0.25) is 0 Å². The predicted octanol–water partition coefficient (Wildman–Crippen LogP) is 3.99. The van der Waals surface area contributed by atoms with E-state index in [2.05, 4.69) is 15.5 Å². The predicted molar refractivity (Wildman–Crippen MR) is 115 cm³/mol. The van der Waals surface area contributed by atoms with Crippen molar-refractivity contribution >= 4 is 16.9 Å². The average Bonchev–Trinajstić information content (AvgIpc) is 3.43. The van der Waals surface area contributed by atoms with Crippen LogP contribution in [0.1, 0.15) is 37.9 Å². The molecule has 1 saturated carbocycles.